The van der Waals surface area contributed by atoms with Gasteiger partial charge in [0.2, 0.25) is 0 Å². The van der Waals surface area contributed by atoms with E-state index in [4.69, 9.17) is 4.74 Å². The maximum atomic E-state index is 12.4. The molecule has 4 rings (SSSR count). The number of amides is 1. The number of rotatable bonds is 10. The number of nitrogens with zero attached hydrogens (tertiary/aromatic N) is 1. The van der Waals surface area contributed by atoms with Crippen molar-refractivity contribution in [3.05, 3.63) is 11.1 Å². The fourth-order valence-corrected chi connectivity index (χ4v) is 5.07. The zero-order valence-electron chi connectivity index (χ0n) is 17.4. The van der Waals surface area contributed by atoms with Gasteiger partial charge in [-0.2, -0.15) is 0 Å². The summed E-state index contributed by atoms with van der Waals surface area (Å²) in [5.41, 5.74) is 1.04. The molecule has 1 amide bonds. The zero-order chi connectivity index (χ0) is 20.2. The fourth-order valence-electron chi connectivity index (χ4n) is 4.38. The van der Waals surface area contributed by atoms with Crippen LogP contribution in [0.3, 0.4) is 0 Å². The Hall–Kier alpha value is -1.18. The van der Waals surface area contributed by atoms with Crippen molar-refractivity contribution in [3.8, 4) is 5.19 Å². The average Bonchev–Trinajstić information content (AvgIpc) is 3.15. The van der Waals surface area contributed by atoms with Crippen LogP contribution in [0, 0.1) is 10.8 Å². The molecule has 1 aromatic heterocycles. The molecule has 1 heterocycles. The summed E-state index contributed by atoms with van der Waals surface area (Å²) in [6, 6.07) is 0.316. The van der Waals surface area contributed by atoms with Gasteiger partial charge >= 0.3 is 0 Å². The maximum absolute atomic E-state index is 12.4. The highest BCUT2D eigenvalue weighted by Gasteiger charge is 2.45. The van der Waals surface area contributed by atoms with Crippen molar-refractivity contribution < 1.29 is 14.6 Å². The van der Waals surface area contributed by atoms with E-state index >= 15 is 0 Å². The molecule has 2 bridgehead atoms. The Morgan fingerprint density at radius 3 is 2.61 bits per heavy atom. The first-order valence-corrected chi connectivity index (χ1v) is 11.4. The maximum Gasteiger partial charge on any atom is 0.273 e. The molecule has 6 nitrogen and oxygen atoms in total. The summed E-state index contributed by atoms with van der Waals surface area (Å²) in [4.78, 5) is 17.1. The number of ether oxygens (including phenoxy) is 1. The van der Waals surface area contributed by atoms with Crippen molar-refractivity contribution in [2.45, 2.75) is 77.9 Å². The molecule has 3 aliphatic carbocycles. The summed E-state index contributed by atoms with van der Waals surface area (Å²) >= 11 is 1.23. The molecule has 7 heteroatoms. The van der Waals surface area contributed by atoms with Crippen LogP contribution in [0.5, 0.6) is 5.19 Å². The quantitative estimate of drug-likeness (QED) is 0.552. The second-order valence-corrected chi connectivity index (χ2v) is 10.3. The van der Waals surface area contributed by atoms with E-state index < -0.39 is 6.10 Å². The molecule has 1 unspecified atom stereocenters. The highest BCUT2D eigenvalue weighted by molar-refractivity contribution is 7.15. The first kappa shape index (κ1) is 21.5. The highest BCUT2D eigenvalue weighted by atomic mass is 32.1. The lowest BCUT2D eigenvalue weighted by molar-refractivity contribution is -0.00200. The summed E-state index contributed by atoms with van der Waals surface area (Å²) in [6.07, 6.45) is 9.99. The molecule has 0 radical (unpaired) electrons. The van der Waals surface area contributed by atoms with Crippen LogP contribution in [0.25, 0.3) is 0 Å². The lowest BCUT2D eigenvalue weighted by atomic mass is 9.53. The van der Waals surface area contributed by atoms with Gasteiger partial charge in [-0.25, -0.2) is 4.98 Å². The molecular formula is C21H35N3O3S. The second-order valence-electron chi connectivity index (χ2n) is 9.33. The minimum absolute atomic E-state index is 0.0813. The van der Waals surface area contributed by atoms with E-state index in [2.05, 4.69) is 22.5 Å². The van der Waals surface area contributed by atoms with E-state index in [9.17, 15) is 9.90 Å². The summed E-state index contributed by atoms with van der Waals surface area (Å²) in [5, 5.41) is 16.5. The molecule has 3 aliphatic rings. The van der Waals surface area contributed by atoms with Gasteiger partial charge in [0.25, 0.3) is 11.1 Å². The van der Waals surface area contributed by atoms with Gasteiger partial charge in [0.1, 0.15) is 17.6 Å². The molecule has 0 aromatic carbocycles. The first-order chi connectivity index (χ1) is 13.3. The van der Waals surface area contributed by atoms with Gasteiger partial charge in [0.05, 0.1) is 6.20 Å². The number of carbonyl (C=O) groups excluding carboxylic acids is 1. The third-order valence-corrected chi connectivity index (χ3v) is 7.50. The molecule has 28 heavy (non-hydrogen) atoms. The molecule has 3 N–H and O–H groups in total. The Morgan fingerprint density at radius 2 is 1.96 bits per heavy atom. The van der Waals surface area contributed by atoms with Crippen molar-refractivity contribution in [2.24, 2.45) is 10.8 Å². The van der Waals surface area contributed by atoms with E-state index in [0.717, 1.165) is 13.0 Å². The largest absolute Gasteiger partial charge is 0.467 e. The van der Waals surface area contributed by atoms with Gasteiger partial charge in [-0.15, -0.1) is 0 Å². The van der Waals surface area contributed by atoms with Gasteiger partial charge in [0.15, 0.2) is 0 Å². The molecule has 0 saturated heterocycles. The minimum Gasteiger partial charge on any atom is -0.467 e. The highest BCUT2D eigenvalue weighted by Crippen LogP contribution is 2.57. The minimum atomic E-state index is -0.601. The zero-order valence-corrected chi connectivity index (χ0v) is 18.2. The van der Waals surface area contributed by atoms with Crippen LogP contribution < -0.4 is 15.4 Å². The molecular weight excluding hydrogens is 374 g/mol. The fraction of sp³-hybridized carbons (Fsp3) is 0.810. The Balaban J connectivity index is 1.38. The van der Waals surface area contributed by atoms with Crippen LogP contribution in [0.1, 0.15) is 75.4 Å². The number of nitrogens with one attached hydrogen (secondary N) is 2. The molecule has 3 fully saturated rings. The second kappa shape index (κ2) is 9.09. The van der Waals surface area contributed by atoms with Crippen LogP contribution in [0.15, 0.2) is 6.20 Å². The molecule has 0 aliphatic heterocycles. The van der Waals surface area contributed by atoms with E-state index in [1.807, 2.05) is 13.8 Å². The number of aliphatic hydroxyl groups is 1. The van der Waals surface area contributed by atoms with Crippen molar-refractivity contribution in [3.63, 3.8) is 0 Å². The van der Waals surface area contributed by atoms with Crippen LogP contribution in [0.4, 0.5) is 0 Å². The van der Waals surface area contributed by atoms with Gasteiger partial charge in [-0.1, -0.05) is 32.1 Å². The molecule has 0 spiro atoms. The van der Waals surface area contributed by atoms with Crippen LogP contribution in [-0.2, 0) is 0 Å². The Bertz CT molecular complexity index is 637. The lowest BCUT2D eigenvalue weighted by Crippen LogP contribution is -2.41. The standard InChI is InChI=1S/C21H35N3O3S/c1-15(2)23-12-16(25)14-27-19-24-13-17(28-19)18(26)22-11-10-21-7-4-20(3,5-8-21)6-9-21/h13,15-16,23,25H,4-12,14H2,1-3H3,(H,22,26). The number of hydrogen-bond acceptors (Lipinski definition) is 6. The van der Waals surface area contributed by atoms with Gasteiger partial charge in [0, 0.05) is 19.1 Å². The monoisotopic (exact) mass is 409 g/mol. The van der Waals surface area contributed by atoms with E-state index in [1.165, 1.54) is 49.9 Å². The van der Waals surface area contributed by atoms with Gasteiger partial charge < -0.3 is 20.5 Å². The Kier molecular flexibility index (Phi) is 6.99. The van der Waals surface area contributed by atoms with Crippen molar-refractivity contribution in [1.29, 1.82) is 0 Å². The summed E-state index contributed by atoms with van der Waals surface area (Å²) in [7, 11) is 0. The van der Waals surface area contributed by atoms with Crippen LogP contribution in [-0.4, -0.2) is 47.8 Å². The SMILES string of the molecule is CC(C)NCC(O)COc1ncc(C(=O)NCCC23CCC(C)(CC2)CC3)s1. The molecule has 3 saturated carbocycles. The first-order valence-electron chi connectivity index (χ1n) is 10.6. The van der Waals surface area contributed by atoms with E-state index in [0.29, 0.717) is 33.5 Å². The summed E-state index contributed by atoms with van der Waals surface area (Å²) in [6.45, 7) is 7.84. The van der Waals surface area contributed by atoms with Gasteiger partial charge in [-0.3, -0.25) is 4.79 Å². The normalized spacial score (nSPS) is 27.8. The summed E-state index contributed by atoms with van der Waals surface area (Å²) < 4.78 is 5.52. The number of hydrogen-bond donors (Lipinski definition) is 3. The number of thiazole rings is 1. The topological polar surface area (TPSA) is 83.5 Å². The molecule has 158 valence electrons. The number of aromatic nitrogens is 1. The predicted molar refractivity (Wildman–Crippen MR) is 112 cm³/mol. The number of fused-ring (bicyclic) bond motifs is 3. The van der Waals surface area contributed by atoms with Crippen molar-refractivity contribution in [1.82, 2.24) is 15.6 Å². The van der Waals surface area contributed by atoms with Crippen LogP contribution >= 0.6 is 11.3 Å². The van der Waals surface area contributed by atoms with Gasteiger partial charge in [-0.05, 0) is 55.8 Å². The smallest absolute Gasteiger partial charge is 0.273 e. The van der Waals surface area contributed by atoms with Crippen molar-refractivity contribution in [2.75, 3.05) is 19.7 Å². The Labute approximate surface area is 172 Å². The Morgan fingerprint density at radius 1 is 1.29 bits per heavy atom. The van der Waals surface area contributed by atoms with Crippen molar-refractivity contribution >= 4 is 17.2 Å². The molecule has 1 atom stereocenters. The summed E-state index contributed by atoms with van der Waals surface area (Å²) in [5.74, 6) is -0.0813. The van der Waals surface area contributed by atoms with Crippen LogP contribution in [0.2, 0.25) is 0 Å². The number of aliphatic hydroxyl groups excluding tert-OH is 1. The van der Waals surface area contributed by atoms with E-state index in [1.54, 1.807) is 6.20 Å². The third kappa shape index (κ3) is 5.67. The number of carbonyl (C=O) groups is 1. The van der Waals surface area contributed by atoms with E-state index in [-0.39, 0.29) is 12.5 Å². The predicted octanol–water partition coefficient (Wildman–Crippen LogP) is 3.36. The average molecular weight is 410 g/mol. The lowest BCUT2D eigenvalue weighted by Gasteiger charge is -2.52. The third-order valence-electron chi connectivity index (χ3n) is 6.59. The molecule has 1 aromatic rings.